The summed E-state index contributed by atoms with van der Waals surface area (Å²) >= 11 is 0. The van der Waals surface area contributed by atoms with Crippen molar-refractivity contribution in [3.05, 3.63) is 78.1 Å². The van der Waals surface area contributed by atoms with Crippen molar-refractivity contribution in [3.8, 4) is 5.69 Å². The Kier molecular flexibility index (Phi) is 4.89. The molecule has 0 radical (unpaired) electrons. The maximum Gasteiger partial charge on any atom is 0.338 e. The number of hydrogen-bond donors (Lipinski definition) is 1. The Morgan fingerprint density at radius 1 is 1.04 bits per heavy atom. The molecule has 0 aliphatic rings. The van der Waals surface area contributed by atoms with E-state index < -0.39 is 0 Å². The van der Waals surface area contributed by atoms with E-state index in [1.165, 1.54) is 0 Å². The Morgan fingerprint density at radius 2 is 1.72 bits per heavy atom. The largest absolute Gasteiger partial charge is 0.462 e. The number of nitrogens with zero attached hydrogens (tertiary/aromatic N) is 2. The minimum atomic E-state index is -0.380. The first-order valence-corrected chi connectivity index (χ1v) is 7.86. The van der Waals surface area contributed by atoms with Gasteiger partial charge in [-0.05, 0) is 61.5 Å². The van der Waals surface area contributed by atoms with Crippen LogP contribution in [0.3, 0.4) is 0 Å². The molecule has 6 nitrogen and oxygen atoms in total. The number of carbonyl (C=O) groups excluding carboxylic acids is 2. The molecule has 1 aromatic heterocycles. The Morgan fingerprint density at radius 3 is 2.32 bits per heavy atom. The summed E-state index contributed by atoms with van der Waals surface area (Å²) < 4.78 is 6.64. The average Bonchev–Trinajstić information content (AvgIpc) is 3.17. The molecular weight excluding hydrogens is 318 g/mol. The average molecular weight is 335 g/mol. The van der Waals surface area contributed by atoms with Crippen molar-refractivity contribution >= 4 is 17.6 Å². The van der Waals surface area contributed by atoms with Crippen LogP contribution in [0, 0.1) is 0 Å². The molecule has 0 spiro atoms. The zero-order chi connectivity index (χ0) is 17.6. The molecule has 0 fully saturated rings. The van der Waals surface area contributed by atoms with Gasteiger partial charge in [0.25, 0.3) is 5.91 Å². The molecule has 3 rings (SSSR count). The normalized spacial score (nSPS) is 10.3. The quantitative estimate of drug-likeness (QED) is 0.726. The van der Waals surface area contributed by atoms with Crippen molar-refractivity contribution in [2.24, 2.45) is 0 Å². The molecule has 0 saturated heterocycles. The van der Waals surface area contributed by atoms with E-state index in [2.05, 4.69) is 10.4 Å². The first-order valence-electron chi connectivity index (χ1n) is 7.86. The predicted octanol–water partition coefficient (Wildman–Crippen LogP) is 3.30. The van der Waals surface area contributed by atoms with Crippen molar-refractivity contribution in [2.45, 2.75) is 6.92 Å². The highest BCUT2D eigenvalue weighted by atomic mass is 16.5. The fourth-order valence-corrected chi connectivity index (χ4v) is 2.29. The number of esters is 1. The Hall–Kier alpha value is -3.41. The molecule has 1 amide bonds. The van der Waals surface area contributed by atoms with E-state index in [0.717, 1.165) is 5.69 Å². The third-order valence-corrected chi connectivity index (χ3v) is 3.55. The molecule has 2 aromatic carbocycles. The van der Waals surface area contributed by atoms with Crippen LogP contribution in [0.25, 0.3) is 5.69 Å². The third kappa shape index (κ3) is 3.92. The predicted molar refractivity (Wildman–Crippen MR) is 93.9 cm³/mol. The highest BCUT2D eigenvalue weighted by Gasteiger charge is 2.09. The molecule has 0 atom stereocenters. The smallest absolute Gasteiger partial charge is 0.338 e. The molecule has 0 aliphatic heterocycles. The fraction of sp³-hybridized carbons (Fsp3) is 0.105. The molecule has 1 heterocycles. The SMILES string of the molecule is CCOC(=O)c1ccc(NC(=O)c2ccc(-n3cccn3)cc2)cc1. The third-order valence-electron chi connectivity index (χ3n) is 3.55. The highest BCUT2D eigenvalue weighted by molar-refractivity contribution is 6.04. The number of carbonyl (C=O) groups is 2. The summed E-state index contributed by atoms with van der Waals surface area (Å²) in [6.45, 7) is 2.08. The molecule has 0 saturated carbocycles. The van der Waals surface area contributed by atoms with Gasteiger partial charge in [0.1, 0.15) is 0 Å². The second-order valence-electron chi connectivity index (χ2n) is 5.25. The summed E-state index contributed by atoms with van der Waals surface area (Å²) in [7, 11) is 0. The lowest BCUT2D eigenvalue weighted by molar-refractivity contribution is 0.0526. The van der Waals surface area contributed by atoms with Crippen LogP contribution >= 0.6 is 0 Å². The number of anilines is 1. The van der Waals surface area contributed by atoms with Crippen LogP contribution in [-0.2, 0) is 4.74 Å². The van der Waals surface area contributed by atoms with E-state index in [-0.39, 0.29) is 11.9 Å². The minimum Gasteiger partial charge on any atom is -0.462 e. The molecule has 25 heavy (non-hydrogen) atoms. The number of amides is 1. The number of nitrogens with one attached hydrogen (secondary N) is 1. The van der Waals surface area contributed by atoms with Crippen LogP contribution in [0.2, 0.25) is 0 Å². The zero-order valence-electron chi connectivity index (χ0n) is 13.7. The molecule has 1 N–H and O–H groups in total. The number of ether oxygens (including phenoxy) is 1. The van der Waals surface area contributed by atoms with E-state index >= 15 is 0 Å². The van der Waals surface area contributed by atoms with Gasteiger partial charge in [0.15, 0.2) is 0 Å². The highest BCUT2D eigenvalue weighted by Crippen LogP contribution is 2.14. The van der Waals surface area contributed by atoms with E-state index in [0.29, 0.717) is 23.4 Å². The van der Waals surface area contributed by atoms with E-state index in [9.17, 15) is 9.59 Å². The maximum atomic E-state index is 12.3. The van der Waals surface area contributed by atoms with Crippen LogP contribution in [0.1, 0.15) is 27.6 Å². The van der Waals surface area contributed by atoms with Crippen LogP contribution in [-0.4, -0.2) is 28.3 Å². The van der Waals surface area contributed by atoms with Crippen molar-refractivity contribution in [1.82, 2.24) is 9.78 Å². The van der Waals surface area contributed by atoms with E-state index in [4.69, 9.17) is 4.74 Å². The van der Waals surface area contributed by atoms with Gasteiger partial charge in [-0.15, -0.1) is 0 Å². The molecule has 0 bridgehead atoms. The molecule has 0 unspecified atom stereocenters. The summed E-state index contributed by atoms with van der Waals surface area (Å²) in [5.74, 6) is -0.606. The standard InChI is InChI=1S/C19H17N3O3/c1-2-25-19(24)15-4-8-16(9-5-15)21-18(23)14-6-10-17(11-7-14)22-13-3-12-20-22/h3-13H,2H2,1H3,(H,21,23). The van der Waals surface area contributed by atoms with Crippen molar-refractivity contribution in [2.75, 3.05) is 11.9 Å². The molecular formula is C19H17N3O3. The van der Waals surface area contributed by atoms with Gasteiger partial charge < -0.3 is 10.1 Å². The van der Waals surface area contributed by atoms with Crippen LogP contribution in [0.4, 0.5) is 5.69 Å². The minimum absolute atomic E-state index is 0.226. The van der Waals surface area contributed by atoms with Gasteiger partial charge in [-0.2, -0.15) is 5.10 Å². The van der Waals surface area contributed by atoms with E-state index in [1.807, 2.05) is 24.4 Å². The maximum absolute atomic E-state index is 12.3. The number of rotatable bonds is 5. The first kappa shape index (κ1) is 16.4. The summed E-state index contributed by atoms with van der Waals surface area (Å²) in [5, 5.41) is 6.94. The molecule has 126 valence electrons. The summed E-state index contributed by atoms with van der Waals surface area (Å²) in [5.41, 5.74) is 2.46. The molecule has 0 aliphatic carbocycles. The van der Waals surface area contributed by atoms with Gasteiger partial charge in [-0.25, -0.2) is 9.48 Å². The number of hydrogen-bond acceptors (Lipinski definition) is 4. The van der Waals surface area contributed by atoms with Gasteiger partial charge >= 0.3 is 5.97 Å². The van der Waals surface area contributed by atoms with Crippen molar-refractivity contribution in [1.29, 1.82) is 0 Å². The number of benzene rings is 2. The van der Waals surface area contributed by atoms with Crippen LogP contribution in [0.15, 0.2) is 67.0 Å². The summed E-state index contributed by atoms with van der Waals surface area (Å²) in [6.07, 6.45) is 3.53. The van der Waals surface area contributed by atoms with Crippen LogP contribution in [0.5, 0.6) is 0 Å². The monoisotopic (exact) mass is 335 g/mol. The Labute approximate surface area is 145 Å². The van der Waals surface area contributed by atoms with Crippen LogP contribution < -0.4 is 5.32 Å². The lowest BCUT2D eigenvalue weighted by atomic mass is 10.1. The van der Waals surface area contributed by atoms with Crippen molar-refractivity contribution < 1.29 is 14.3 Å². The topological polar surface area (TPSA) is 73.2 Å². The van der Waals surface area contributed by atoms with Gasteiger partial charge in [-0.3, -0.25) is 4.79 Å². The summed E-state index contributed by atoms with van der Waals surface area (Å²) in [6, 6.07) is 15.5. The first-order chi connectivity index (χ1) is 12.2. The second kappa shape index (κ2) is 7.44. The zero-order valence-corrected chi connectivity index (χ0v) is 13.7. The van der Waals surface area contributed by atoms with Crippen molar-refractivity contribution in [3.63, 3.8) is 0 Å². The molecule has 3 aromatic rings. The van der Waals surface area contributed by atoms with Gasteiger partial charge in [0.05, 0.1) is 17.9 Å². The second-order valence-corrected chi connectivity index (χ2v) is 5.25. The van der Waals surface area contributed by atoms with Gasteiger partial charge in [0.2, 0.25) is 0 Å². The van der Waals surface area contributed by atoms with E-state index in [1.54, 1.807) is 54.2 Å². The lowest BCUT2D eigenvalue weighted by Gasteiger charge is -2.07. The Bertz CT molecular complexity index is 854. The summed E-state index contributed by atoms with van der Waals surface area (Å²) in [4.78, 5) is 23.9. The van der Waals surface area contributed by atoms with Gasteiger partial charge in [0, 0.05) is 23.6 Å². The lowest BCUT2D eigenvalue weighted by Crippen LogP contribution is -2.12. The fourth-order valence-electron chi connectivity index (χ4n) is 2.29. The number of aromatic nitrogens is 2. The Balaban J connectivity index is 1.66. The molecule has 6 heteroatoms. The van der Waals surface area contributed by atoms with Gasteiger partial charge in [-0.1, -0.05) is 0 Å².